The van der Waals surface area contributed by atoms with Crippen LogP contribution in [0.3, 0.4) is 0 Å². The van der Waals surface area contributed by atoms with Crippen molar-refractivity contribution >= 4 is 54.9 Å². The lowest BCUT2D eigenvalue weighted by atomic mass is 9.89. The van der Waals surface area contributed by atoms with Crippen LogP contribution in [-0.2, 0) is 0 Å². The van der Waals surface area contributed by atoms with Gasteiger partial charge in [0, 0.05) is 46.7 Å². The Morgan fingerprint density at radius 2 is 1.35 bits per heavy atom. The Hall–Kier alpha value is -5.68. The number of nitrogens with zero attached hydrogens (tertiary/aromatic N) is 3. The van der Waals surface area contributed by atoms with E-state index in [1.54, 1.807) is 0 Å². The Morgan fingerprint density at radius 3 is 2.14 bits per heavy atom. The summed E-state index contributed by atoms with van der Waals surface area (Å²) in [4.78, 5) is 9.29. The number of benzene rings is 5. The van der Waals surface area contributed by atoms with E-state index in [4.69, 9.17) is 22.0 Å². The monoisotopic (exact) mass is 645 g/mol. The Morgan fingerprint density at radius 1 is 0.612 bits per heavy atom. The molecule has 4 aromatic heterocycles. The molecule has 0 aliphatic heterocycles. The minimum Gasteiger partial charge on any atom is -0.456 e. The van der Waals surface area contributed by atoms with Gasteiger partial charge in [0.05, 0.1) is 22.3 Å². The molecular weight excluding hydrogens is 603 g/mol. The fourth-order valence-corrected chi connectivity index (χ4v) is 7.41. The van der Waals surface area contributed by atoms with Crippen LogP contribution in [0.25, 0.3) is 83.1 Å². The fourth-order valence-electron chi connectivity index (χ4n) is 7.41. The van der Waals surface area contributed by atoms with Crippen molar-refractivity contribution in [2.75, 3.05) is 0 Å². The zero-order valence-corrected chi connectivity index (χ0v) is 27.6. The van der Waals surface area contributed by atoms with Gasteiger partial charge in [-0.1, -0.05) is 76.2 Å². The first kappa shape index (κ1) is 23.6. The summed E-state index contributed by atoms with van der Waals surface area (Å²) >= 11 is 0. The van der Waals surface area contributed by atoms with Gasteiger partial charge >= 0.3 is 0 Å². The van der Waals surface area contributed by atoms with Crippen LogP contribution in [0.1, 0.15) is 70.3 Å². The summed E-state index contributed by atoms with van der Waals surface area (Å²) in [6, 6.07) is 33.1. The van der Waals surface area contributed by atoms with Crippen LogP contribution in [0.5, 0.6) is 0 Å². The van der Waals surface area contributed by atoms with E-state index in [2.05, 4.69) is 55.4 Å². The van der Waals surface area contributed by atoms with Crippen molar-refractivity contribution in [1.29, 1.82) is 0 Å². The summed E-state index contributed by atoms with van der Waals surface area (Å²) < 4.78 is 63.4. The standard InChI is InChI=1S/C44H37N3O2/c1-24(2)34-23-35-30-12-7-10-17-38(30)48-43(35)40(25(3)4)41(34)47-37-16-9-8-15-36(37)46-44(47)33-14-11-13-32-31-19-18-28(22-39(31)49-42(32)33)29-20-26(5)45-27(6)21-29/h7-25H,1-6H3/i5D3,6D3. The highest BCUT2D eigenvalue weighted by molar-refractivity contribution is 6.11. The molecule has 0 saturated heterocycles. The van der Waals surface area contributed by atoms with E-state index in [0.717, 1.165) is 66.4 Å². The second-order valence-electron chi connectivity index (χ2n) is 13.4. The van der Waals surface area contributed by atoms with E-state index in [1.807, 2.05) is 72.8 Å². The smallest absolute Gasteiger partial charge is 0.149 e. The molecule has 0 radical (unpaired) electrons. The summed E-state index contributed by atoms with van der Waals surface area (Å²) in [5, 5.41) is 3.93. The Balaban J connectivity index is 1.31. The van der Waals surface area contributed by atoms with Crippen molar-refractivity contribution in [1.82, 2.24) is 14.5 Å². The number of aryl methyl sites for hydroxylation is 2. The summed E-state index contributed by atoms with van der Waals surface area (Å²) in [6.07, 6.45) is 0. The van der Waals surface area contributed by atoms with Crippen molar-refractivity contribution in [2.45, 2.75) is 53.2 Å². The van der Waals surface area contributed by atoms with Gasteiger partial charge in [-0.15, -0.1) is 0 Å². The van der Waals surface area contributed by atoms with Crippen molar-refractivity contribution in [3.8, 4) is 28.2 Å². The molecule has 0 N–H and O–H groups in total. The second-order valence-corrected chi connectivity index (χ2v) is 13.4. The third-order valence-electron chi connectivity index (χ3n) is 9.59. The molecule has 49 heavy (non-hydrogen) atoms. The third kappa shape index (κ3) is 4.52. The van der Waals surface area contributed by atoms with Gasteiger partial charge in [0.1, 0.15) is 28.2 Å². The first-order chi connectivity index (χ1) is 26.2. The van der Waals surface area contributed by atoms with Crippen molar-refractivity contribution in [2.24, 2.45) is 0 Å². The number of hydrogen-bond donors (Lipinski definition) is 0. The third-order valence-corrected chi connectivity index (χ3v) is 9.59. The van der Waals surface area contributed by atoms with E-state index in [-0.39, 0.29) is 23.2 Å². The predicted octanol–water partition coefficient (Wildman–Crippen LogP) is 12.4. The Bertz CT molecular complexity index is 2950. The molecule has 0 spiro atoms. The summed E-state index contributed by atoms with van der Waals surface area (Å²) in [5.41, 5.74) is 9.37. The SMILES string of the molecule is [2H]C([2H])([2H])c1cc(-c2ccc3c(c2)oc2c(-c4nc5ccccc5n4-c4c(C(C)C)cc5c(oc6ccccc65)c4C(C)C)cccc23)cc(C([2H])([2H])[2H])n1. The van der Waals surface area contributed by atoms with E-state index >= 15 is 0 Å². The minimum absolute atomic E-state index is 0.107. The fraction of sp³-hybridized carbons (Fsp3) is 0.182. The van der Waals surface area contributed by atoms with Gasteiger partial charge in [-0.2, -0.15) is 0 Å². The van der Waals surface area contributed by atoms with Crippen LogP contribution < -0.4 is 0 Å². The van der Waals surface area contributed by atoms with Gasteiger partial charge in [0.25, 0.3) is 0 Å². The van der Waals surface area contributed by atoms with Gasteiger partial charge in [0.15, 0.2) is 0 Å². The maximum atomic E-state index is 7.96. The molecule has 0 saturated carbocycles. The van der Waals surface area contributed by atoms with Crippen LogP contribution >= 0.6 is 0 Å². The molecule has 9 aromatic rings. The van der Waals surface area contributed by atoms with E-state index in [9.17, 15) is 0 Å². The second kappa shape index (κ2) is 10.9. The lowest BCUT2D eigenvalue weighted by Gasteiger charge is -2.23. The van der Waals surface area contributed by atoms with Gasteiger partial charge in [-0.05, 0) is 96.8 Å². The highest BCUT2D eigenvalue weighted by Gasteiger charge is 2.28. The van der Waals surface area contributed by atoms with E-state index in [1.165, 1.54) is 17.7 Å². The van der Waals surface area contributed by atoms with Crippen molar-refractivity contribution in [3.05, 3.63) is 126 Å². The molecule has 5 heteroatoms. The van der Waals surface area contributed by atoms with Gasteiger partial charge in [0.2, 0.25) is 0 Å². The summed E-state index contributed by atoms with van der Waals surface area (Å²) in [7, 11) is 0. The highest BCUT2D eigenvalue weighted by Crippen LogP contribution is 2.45. The molecule has 0 unspecified atom stereocenters. The van der Waals surface area contributed by atoms with Gasteiger partial charge in [-0.3, -0.25) is 9.55 Å². The molecule has 0 amide bonds. The molecule has 0 aliphatic rings. The van der Waals surface area contributed by atoms with Crippen LogP contribution in [0.15, 0.2) is 112 Å². The number of fused-ring (bicyclic) bond motifs is 7. The van der Waals surface area contributed by atoms with Gasteiger partial charge < -0.3 is 8.83 Å². The molecular formula is C44H37N3O2. The maximum absolute atomic E-state index is 7.96. The molecule has 0 atom stereocenters. The number of aromatic nitrogens is 3. The first-order valence-corrected chi connectivity index (χ1v) is 16.6. The number of pyridine rings is 1. The molecule has 0 aliphatic carbocycles. The van der Waals surface area contributed by atoms with Crippen molar-refractivity contribution < 1.29 is 17.1 Å². The molecule has 0 bridgehead atoms. The summed E-state index contributed by atoms with van der Waals surface area (Å²) in [6.45, 7) is 3.68. The summed E-state index contributed by atoms with van der Waals surface area (Å²) in [5.74, 6) is 1.00. The lowest BCUT2D eigenvalue weighted by molar-refractivity contribution is 0.654. The van der Waals surface area contributed by atoms with Crippen molar-refractivity contribution in [3.63, 3.8) is 0 Å². The Kier molecular flexibility index (Phi) is 5.27. The number of furan rings is 2. The minimum atomic E-state index is -2.58. The predicted molar refractivity (Wildman–Crippen MR) is 202 cm³/mol. The molecule has 5 aromatic carbocycles. The highest BCUT2D eigenvalue weighted by atomic mass is 16.3. The van der Waals surface area contributed by atoms with E-state index < -0.39 is 13.7 Å². The van der Waals surface area contributed by atoms with Crippen LogP contribution in [-0.4, -0.2) is 14.5 Å². The van der Waals surface area contributed by atoms with Crippen LogP contribution in [0, 0.1) is 13.7 Å². The van der Waals surface area contributed by atoms with E-state index in [0.29, 0.717) is 22.3 Å². The normalized spacial score (nSPS) is 14.6. The topological polar surface area (TPSA) is 57.0 Å². The molecule has 5 nitrogen and oxygen atoms in total. The molecule has 4 heterocycles. The lowest BCUT2D eigenvalue weighted by Crippen LogP contribution is -2.09. The number of rotatable bonds is 5. The molecule has 240 valence electrons. The average Bonchev–Trinajstić information content (AvgIpc) is 3.83. The zero-order chi connectivity index (χ0) is 38.6. The van der Waals surface area contributed by atoms with Crippen LogP contribution in [0.4, 0.5) is 0 Å². The average molecular weight is 646 g/mol. The largest absolute Gasteiger partial charge is 0.456 e. The number of para-hydroxylation sites is 4. The molecule has 9 rings (SSSR count). The maximum Gasteiger partial charge on any atom is 0.149 e. The molecule has 0 fully saturated rings. The van der Waals surface area contributed by atoms with Crippen LogP contribution in [0.2, 0.25) is 0 Å². The zero-order valence-electron chi connectivity index (χ0n) is 33.6. The first-order valence-electron chi connectivity index (χ1n) is 19.6. The quantitative estimate of drug-likeness (QED) is 0.187. The van der Waals surface area contributed by atoms with Gasteiger partial charge in [-0.25, -0.2) is 4.98 Å². The number of imidazole rings is 1. The number of hydrogen-bond acceptors (Lipinski definition) is 4. The Labute approximate surface area is 293 Å².